The van der Waals surface area contributed by atoms with E-state index in [0.29, 0.717) is 22.9 Å². The number of benzene rings is 1. The van der Waals surface area contributed by atoms with Crippen molar-refractivity contribution in [2.75, 3.05) is 12.0 Å². The van der Waals surface area contributed by atoms with Gasteiger partial charge in [0.25, 0.3) is 0 Å². The van der Waals surface area contributed by atoms with Crippen LogP contribution >= 0.6 is 11.6 Å². The van der Waals surface area contributed by atoms with Gasteiger partial charge >= 0.3 is 6.61 Å². The molecule has 0 aromatic heterocycles. The maximum absolute atomic E-state index is 12.3. The van der Waals surface area contributed by atoms with E-state index in [0.717, 1.165) is 0 Å². The van der Waals surface area contributed by atoms with E-state index in [1.165, 1.54) is 12.1 Å². The average Bonchev–Trinajstić information content (AvgIpc) is 2.28. The Bertz CT molecular complexity index is 446. The van der Waals surface area contributed by atoms with Gasteiger partial charge in [0.2, 0.25) is 0 Å². The van der Waals surface area contributed by atoms with Crippen molar-refractivity contribution >= 4 is 22.4 Å². The molecule has 0 saturated heterocycles. The SMILES string of the molecule is CC(CS(C)=O)NCc1cc(Cl)ccc1OC(F)F. The molecule has 0 bridgehead atoms. The number of hydrogen-bond donors (Lipinski definition) is 1. The average molecular weight is 312 g/mol. The van der Waals surface area contributed by atoms with Crippen molar-refractivity contribution in [3.05, 3.63) is 28.8 Å². The Balaban J connectivity index is 2.70. The molecule has 0 aliphatic carbocycles. The fourth-order valence-corrected chi connectivity index (χ4v) is 2.61. The predicted molar refractivity (Wildman–Crippen MR) is 73.3 cm³/mol. The molecule has 0 fully saturated rings. The van der Waals surface area contributed by atoms with Gasteiger partial charge in [-0.25, -0.2) is 0 Å². The molecule has 1 rings (SSSR count). The Morgan fingerprint density at radius 1 is 1.47 bits per heavy atom. The third kappa shape index (κ3) is 6.31. The number of rotatable bonds is 7. The van der Waals surface area contributed by atoms with E-state index in [2.05, 4.69) is 10.1 Å². The third-order valence-electron chi connectivity index (χ3n) is 2.36. The Labute approximate surface area is 118 Å². The van der Waals surface area contributed by atoms with Crippen LogP contribution in [0.3, 0.4) is 0 Å². The van der Waals surface area contributed by atoms with Gasteiger partial charge in [0.15, 0.2) is 0 Å². The second-order valence-corrected chi connectivity index (χ2v) is 6.07. The Kier molecular flexibility index (Phi) is 6.68. The van der Waals surface area contributed by atoms with Crippen molar-refractivity contribution in [1.82, 2.24) is 5.32 Å². The van der Waals surface area contributed by atoms with Gasteiger partial charge in [-0.3, -0.25) is 4.21 Å². The predicted octanol–water partition coefficient (Wildman–Crippen LogP) is 2.80. The minimum absolute atomic E-state index is 0.00390. The summed E-state index contributed by atoms with van der Waals surface area (Å²) in [6.07, 6.45) is 1.61. The molecule has 0 aliphatic rings. The van der Waals surface area contributed by atoms with Crippen molar-refractivity contribution in [1.29, 1.82) is 0 Å². The number of halogens is 3. The van der Waals surface area contributed by atoms with Crippen LogP contribution in [0.4, 0.5) is 8.78 Å². The summed E-state index contributed by atoms with van der Waals surface area (Å²) in [7, 11) is -0.912. The summed E-state index contributed by atoms with van der Waals surface area (Å²) in [6, 6.07) is 4.48. The quantitative estimate of drug-likeness (QED) is 0.841. The molecule has 3 nitrogen and oxygen atoms in total. The summed E-state index contributed by atoms with van der Waals surface area (Å²) >= 11 is 5.83. The zero-order valence-electron chi connectivity index (χ0n) is 10.7. The highest BCUT2D eigenvalue weighted by atomic mass is 35.5. The van der Waals surface area contributed by atoms with Crippen molar-refractivity contribution in [2.24, 2.45) is 0 Å². The lowest BCUT2D eigenvalue weighted by atomic mass is 10.2. The van der Waals surface area contributed by atoms with Gasteiger partial charge in [-0.05, 0) is 25.1 Å². The summed E-state index contributed by atoms with van der Waals surface area (Å²) in [5.74, 6) is 0.586. The molecule has 0 saturated carbocycles. The number of alkyl halides is 2. The van der Waals surface area contributed by atoms with Gasteiger partial charge in [-0.15, -0.1) is 0 Å². The first-order chi connectivity index (χ1) is 8.88. The fraction of sp³-hybridized carbons (Fsp3) is 0.500. The van der Waals surface area contributed by atoms with E-state index in [9.17, 15) is 13.0 Å². The first-order valence-electron chi connectivity index (χ1n) is 5.65. The van der Waals surface area contributed by atoms with Crippen LogP contribution in [0.2, 0.25) is 5.02 Å². The van der Waals surface area contributed by atoms with E-state index < -0.39 is 17.4 Å². The van der Waals surface area contributed by atoms with E-state index in [-0.39, 0.29) is 11.8 Å². The van der Waals surface area contributed by atoms with Gasteiger partial charge in [-0.2, -0.15) is 8.78 Å². The molecule has 2 atom stereocenters. The second-order valence-electron chi connectivity index (χ2n) is 4.15. The van der Waals surface area contributed by atoms with Gasteiger partial charge in [0.05, 0.1) is 0 Å². The molecule has 0 spiro atoms. The molecular weight excluding hydrogens is 296 g/mol. The first kappa shape index (κ1) is 16.3. The van der Waals surface area contributed by atoms with E-state index in [1.54, 1.807) is 12.3 Å². The van der Waals surface area contributed by atoms with Gasteiger partial charge in [-0.1, -0.05) is 11.6 Å². The maximum atomic E-state index is 12.3. The highest BCUT2D eigenvalue weighted by Gasteiger charge is 2.11. The molecule has 7 heteroatoms. The van der Waals surface area contributed by atoms with E-state index in [4.69, 9.17) is 11.6 Å². The summed E-state index contributed by atoms with van der Waals surface area (Å²) in [6.45, 7) is -0.680. The van der Waals surface area contributed by atoms with Gasteiger partial charge in [0.1, 0.15) is 5.75 Å². The van der Waals surface area contributed by atoms with Crippen molar-refractivity contribution in [3.8, 4) is 5.75 Å². The van der Waals surface area contributed by atoms with E-state index in [1.807, 2.05) is 6.92 Å². The Hall–Kier alpha value is -0.720. The molecule has 0 amide bonds. The normalized spacial score (nSPS) is 14.4. The number of ether oxygens (including phenoxy) is 1. The summed E-state index contributed by atoms with van der Waals surface area (Å²) < 4.78 is 40.0. The second kappa shape index (κ2) is 7.77. The van der Waals surface area contributed by atoms with Gasteiger partial charge in [0, 0.05) is 46.0 Å². The largest absolute Gasteiger partial charge is 0.434 e. The first-order valence-corrected chi connectivity index (χ1v) is 7.75. The van der Waals surface area contributed by atoms with Crippen molar-refractivity contribution < 1.29 is 17.7 Å². The smallest absolute Gasteiger partial charge is 0.387 e. The Morgan fingerprint density at radius 3 is 2.74 bits per heavy atom. The van der Waals surface area contributed by atoms with Crippen LogP contribution in [-0.2, 0) is 17.3 Å². The Morgan fingerprint density at radius 2 is 2.16 bits per heavy atom. The van der Waals surface area contributed by atoms with Gasteiger partial charge < -0.3 is 10.1 Å². The van der Waals surface area contributed by atoms with Crippen LogP contribution in [0.15, 0.2) is 18.2 Å². The van der Waals surface area contributed by atoms with Crippen LogP contribution in [0.5, 0.6) is 5.75 Å². The summed E-state index contributed by atoms with van der Waals surface area (Å²) in [4.78, 5) is 0. The van der Waals surface area contributed by atoms with E-state index >= 15 is 0 Å². The summed E-state index contributed by atoms with van der Waals surface area (Å²) in [5.41, 5.74) is 0.543. The number of hydrogen-bond acceptors (Lipinski definition) is 3. The minimum atomic E-state index is -2.87. The molecule has 2 unspecified atom stereocenters. The molecule has 1 N–H and O–H groups in total. The molecule has 19 heavy (non-hydrogen) atoms. The lowest BCUT2D eigenvalue weighted by Crippen LogP contribution is -2.30. The van der Waals surface area contributed by atoms with Crippen LogP contribution in [0.1, 0.15) is 12.5 Å². The monoisotopic (exact) mass is 311 g/mol. The zero-order valence-corrected chi connectivity index (χ0v) is 12.2. The van der Waals surface area contributed by atoms with Crippen LogP contribution < -0.4 is 10.1 Å². The highest BCUT2D eigenvalue weighted by molar-refractivity contribution is 7.84. The summed E-state index contributed by atoms with van der Waals surface area (Å²) in [5, 5.41) is 3.54. The molecule has 0 aliphatic heterocycles. The molecule has 1 aromatic carbocycles. The zero-order chi connectivity index (χ0) is 14.4. The third-order valence-corrected chi connectivity index (χ3v) is 3.57. The highest BCUT2D eigenvalue weighted by Crippen LogP contribution is 2.24. The number of nitrogens with one attached hydrogen (secondary N) is 1. The molecule has 0 radical (unpaired) electrons. The topological polar surface area (TPSA) is 38.3 Å². The lowest BCUT2D eigenvalue weighted by Gasteiger charge is -2.15. The van der Waals surface area contributed by atoms with Crippen LogP contribution in [0.25, 0.3) is 0 Å². The lowest BCUT2D eigenvalue weighted by molar-refractivity contribution is -0.0505. The molecule has 1 aromatic rings. The standard InChI is InChI=1S/C12H16ClF2NO2S/c1-8(7-19(2)17)16-6-9-5-10(13)3-4-11(9)18-12(14)15/h3-5,8,12,16H,6-7H2,1-2H3. The minimum Gasteiger partial charge on any atom is -0.434 e. The molecular formula is C12H16ClF2NO2S. The van der Waals surface area contributed by atoms with Crippen molar-refractivity contribution in [2.45, 2.75) is 26.1 Å². The molecule has 0 heterocycles. The maximum Gasteiger partial charge on any atom is 0.387 e. The van der Waals surface area contributed by atoms with Crippen LogP contribution in [-0.4, -0.2) is 28.9 Å². The van der Waals surface area contributed by atoms with Crippen molar-refractivity contribution in [3.63, 3.8) is 0 Å². The van der Waals surface area contributed by atoms with Crippen LogP contribution in [0, 0.1) is 0 Å². The fourth-order valence-electron chi connectivity index (χ4n) is 1.59. The molecule has 108 valence electrons.